The van der Waals surface area contributed by atoms with Gasteiger partial charge in [0.05, 0.1) is 24.3 Å². The Balaban J connectivity index is 1.77. The second-order valence-corrected chi connectivity index (χ2v) is 11.0. The molecular formula is C31H40N4O6. The van der Waals surface area contributed by atoms with Crippen LogP contribution in [0.4, 0.5) is 0 Å². The molecular weight excluding hydrogens is 524 g/mol. The molecule has 3 aromatic rings. The second kappa shape index (κ2) is 13.2. The van der Waals surface area contributed by atoms with Gasteiger partial charge in [-0.1, -0.05) is 57.1 Å². The van der Waals surface area contributed by atoms with Gasteiger partial charge in [-0.15, -0.1) is 0 Å². The fraction of sp³-hybridized carbons (Fsp3) is 0.452. The summed E-state index contributed by atoms with van der Waals surface area (Å²) in [6, 6.07) is 9.92. The molecule has 1 atom stereocenters. The van der Waals surface area contributed by atoms with Crippen molar-refractivity contribution in [3.05, 3.63) is 53.2 Å². The number of aromatic nitrogens is 1. The topological polar surface area (TPSA) is 137 Å². The minimum Gasteiger partial charge on any atom is -0.508 e. The van der Waals surface area contributed by atoms with Crippen LogP contribution in [0.5, 0.6) is 11.5 Å². The number of benzene rings is 2. The number of hydrogen-bond acceptors (Lipinski definition) is 8. The van der Waals surface area contributed by atoms with Crippen molar-refractivity contribution in [3.63, 3.8) is 0 Å². The molecule has 1 saturated heterocycles. The number of phenols is 2. The van der Waals surface area contributed by atoms with E-state index in [4.69, 9.17) is 9.26 Å². The second-order valence-electron chi connectivity index (χ2n) is 11.0. The molecule has 2 aromatic carbocycles. The van der Waals surface area contributed by atoms with E-state index in [1.54, 1.807) is 6.07 Å². The van der Waals surface area contributed by atoms with Gasteiger partial charge in [-0.2, -0.15) is 0 Å². The number of morpholine rings is 1. The Hall–Kier alpha value is -3.89. The van der Waals surface area contributed by atoms with Crippen molar-refractivity contribution in [2.45, 2.75) is 53.1 Å². The van der Waals surface area contributed by atoms with Crippen LogP contribution in [0.25, 0.3) is 22.5 Å². The molecule has 0 spiro atoms. The maximum absolute atomic E-state index is 13.6. The summed E-state index contributed by atoms with van der Waals surface area (Å²) in [5, 5.41) is 30.9. The van der Waals surface area contributed by atoms with Crippen molar-refractivity contribution in [2.24, 2.45) is 5.92 Å². The van der Waals surface area contributed by atoms with Gasteiger partial charge in [-0.05, 0) is 41.5 Å². The van der Waals surface area contributed by atoms with Gasteiger partial charge in [0, 0.05) is 32.2 Å². The van der Waals surface area contributed by atoms with E-state index < -0.39 is 11.9 Å². The van der Waals surface area contributed by atoms with Crippen molar-refractivity contribution in [1.29, 1.82) is 0 Å². The van der Waals surface area contributed by atoms with E-state index in [0.29, 0.717) is 42.0 Å². The van der Waals surface area contributed by atoms with Gasteiger partial charge in [-0.25, -0.2) is 0 Å². The van der Waals surface area contributed by atoms with E-state index in [9.17, 15) is 19.8 Å². The number of amides is 2. The molecule has 2 heterocycles. The quantitative estimate of drug-likeness (QED) is 0.287. The predicted molar refractivity (Wildman–Crippen MR) is 156 cm³/mol. The lowest BCUT2D eigenvalue weighted by Crippen LogP contribution is -2.49. The number of hydrogen-bond donors (Lipinski definition) is 4. The molecule has 1 aliphatic rings. The number of carbonyl (C=O) groups is 2. The fourth-order valence-corrected chi connectivity index (χ4v) is 4.96. The molecule has 220 valence electrons. The molecule has 1 aliphatic heterocycles. The van der Waals surface area contributed by atoms with Gasteiger partial charge in [-0.3, -0.25) is 14.5 Å². The molecule has 0 radical (unpaired) electrons. The number of phenolic OH excluding ortho intramolecular Hbond substituents is 2. The average Bonchev–Trinajstić information content (AvgIpc) is 3.37. The third kappa shape index (κ3) is 6.89. The number of nitrogens with one attached hydrogen (secondary N) is 2. The summed E-state index contributed by atoms with van der Waals surface area (Å²) in [5.74, 6) is -1.11. The summed E-state index contributed by atoms with van der Waals surface area (Å²) >= 11 is 0. The standard InChI is InChI=1S/C31H40N4O6/c1-6-32-30(38)27(19(4)5)33-31(39)28-26(21-9-7-20(8-10-21)17-35-11-13-40-14-12-35)29(41-34-28)23-15-22(18(2)3)24(36)16-25(23)37/h7-10,15-16,18-19,27,36-37H,6,11-14,17H2,1-5H3,(H,32,38)(H,33,39)/t27-/m1/s1. The smallest absolute Gasteiger partial charge is 0.274 e. The fourth-order valence-electron chi connectivity index (χ4n) is 4.96. The first-order chi connectivity index (χ1) is 19.6. The molecule has 1 aromatic heterocycles. The SMILES string of the molecule is CCNC(=O)[C@H](NC(=O)c1noc(-c2cc(C(C)C)c(O)cc2O)c1-c1ccc(CN2CCOCC2)cc1)C(C)C. The van der Waals surface area contributed by atoms with Crippen LogP contribution in [0.2, 0.25) is 0 Å². The van der Waals surface area contributed by atoms with Gasteiger partial charge in [0.25, 0.3) is 5.91 Å². The summed E-state index contributed by atoms with van der Waals surface area (Å²) in [6.07, 6.45) is 0. The van der Waals surface area contributed by atoms with Gasteiger partial charge < -0.3 is 30.1 Å². The van der Waals surface area contributed by atoms with E-state index >= 15 is 0 Å². The zero-order valence-electron chi connectivity index (χ0n) is 24.4. The van der Waals surface area contributed by atoms with Crippen LogP contribution in [-0.4, -0.2) is 71.0 Å². The molecule has 1 fully saturated rings. The molecule has 0 unspecified atom stereocenters. The normalized spacial score (nSPS) is 14.8. The third-order valence-electron chi connectivity index (χ3n) is 7.26. The van der Waals surface area contributed by atoms with Crippen molar-refractivity contribution >= 4 is 11.8 Å². The Morgan fingerprint density at radius 1 is 1.02 bits per heavy atom. The highest BCUT2D eigenvalue weighted by Crippen LogP contribution is 2.43. The number of rotatable bonds is 10. The average molecular weight is 565 g/mol. The molecule has 0 bridgehead atoms. The molecule has 0 aliphatic carbocycles. The summed E-state index contributed by atoms with van der Waals surface area (Å²) in [5.41, 5.74) is 3.06. The van der Waals surface area contributed by atoms with Crippen LogP contribution in [-0.2, 0) is 16.1 Å². The minimum absolute atomic E-state index is 0.00514. The van der Waals surface area contributed by atoms with Crippen LogP contribution in [0.1, 0.15) is 62.2 Å². The van der Waals surface area contributed by atoms with E-state index in [0.717, 1.165) is 25.2 Å². The van der Waals surface area contributed by atoms with Crippen molar-refractivity contribution < 1.29 is 29.1 Å². The Labute approximate surface area is 240 Å². The third-order valence-corrected chi connectivity index (χ3v) is 7.26. The van der Waals surface area contributed by atoms with E-state index in [1.807, 2.05) is 58.9 Å². The lowest BCUT2D eigenvalue weighted by Gasteiger charge is -2.26. The molecule has 4 rings (SSSR count). The highest BCUT2D eigenvalue weighted by atomic mass is 16.5. The van der Waals surface area contributed by atoms with E-state index in [1.165, 1.54) is 6.07 Å². The van der Waals surface area contributed by atoms with Crippen molar-refractivity contribution in [2.75, 3.05) is 32.8 Å². The monoisotopic (exact) mass is 564 g/mol. The minimum atomic E-state index is -0.777. The predicted octanol–water partition coefficient (Wildman–Crippen LogP) is 4.27. The number of ether oxygens (including phenoxy) is 1. The Morgan fingerprint density at radius 3 is 2.32 bits per heavy atom. The highest BCUT2D eigenvalue weighted by molar-refractivity contribution is 6.04. The van der Waals surface area contributed by atoms with Crippen LogP contribution in [0.3, 0.4) is 0 Å². The number of aromatic hydroxyl groups is 2. The van der Waals surface area contributed by atoms with Gasteiger partial charge in [0.1, 0.15) is 17.5 Å². The molecule has 10 nitrogen and oxygen atoms in total. The highest BCUT2D eigenvalue weighted by Gasteiger charge is 2.31. The summed E-state index contributed by atoms with van der Waals surface area (Å²) in [7, 11) is 0. The Kier molecular flexibility index (Phi) is 9.67. The zero-order chi connectivity index (χ0) is 29.7. The first kappa shape index (κ1) is 30.1. The van der Waals surface area contributed by atoms with Crippen molar-refractivity contribution in [1.82, 2.24) is 20.7 Å². The Bertz CT molecular complexity index is 1360. The molecule has 41 heavy (non-hydrogen) atoms. The van der Waals surface area contributed by atoms with Gasteiger partial charge >= 0.3 is 0 Å². The van der Waals surface area contributed by atoms with Crippen molar-refractivity contribution in [3.8, 4) is 33.9 Å². The number of likely N-dealkylation sites (N-methyl/N-ethyl adjacent to an activating group) is 1. The first-order valence-electron chi connectivity index (χ1n) is 14.1. The first-order valence-corrected chi connectivity index (χ1v) is 14.1. The molecule has 2 amide bonds. The summed E-state index contributed by atoms with van der Waals surface area (Å²) in [6.45, 7) is 13.7. The summed E-state index contributed by atoms with van der Waals surface area (Å²) in [4.78, 5) is 28.6. The maximum atomic E-state index is 13.6. The molecule has 10 heteroatoms. The number of nitrogens with zero attached hydrogens (tertiary/aromatic N) is 2. The molecule has 0 saturated carbocycles. The van der Waals surface area contributed by atoms with Crippen LogP contribution >= 0.6 is 0 Å². The van der Waals surface area contributed by atoms with Gasteiger partial charge in [0.15, 0.2) is 11.5 Å². The van der Waals surface area contributed by atoms with Crippen LogP contribution < -0.4 is 10.6 Å². The zero-order valence-corrected chi connectivity index (χ0v) is 24.4. The largest absolute Gasteiger partial charge is 0.508 e. The number of carbonyl (C=O) groups excluding carboxylic acids is 2. The maximum Gasteiger partial charge on any atom is 0.274 e. The molecule has 4 N–H and O–H groups in total. The van der Waals surface area contributed by atoms with Gasteiger partial charge in [0.2, 0.25) is 5.91 Å². The summed E-state index contributed by atoms with van der Waals surface area (Å²) < 4.78 is 11.2. The van der Waals surface area contributed by atoms with E-state index in [-0.39, 0.29) is 40.7 Å². The Morgan fingerprint density at radius 2 is 1.71 bits per heavy atom. The van der Waals surface area contributed by atoms with Crippen LogP contribution in [0.15, 0.2) is 40.9 Å². The lowest BCUT2D eigenvalue weighted by atomic mass is 9.93. The lowest BCUT2D eigenvalue weighted by molar-refractivity contribution is -0.123. The van der Waals surface area contributed by atoms with E-state index in [2.05, 4.69) is 20.7 Å². The van der Waals surface area contributed by atoms with Crippen LogP contribution in [0, 0.1) is 5.92 Å².